The molecule has 2 aromatic carbocycles. The van der Waals surface area contributed by atoms with E-state index in [1.165, 1.54) is 0 Å². The molecular weight excluding hydrogens is 344 g/mol. The SMILES string of the molecule is COc1ccc(C2CCCN2C(=O)CNC(=O)COc2ccccc2)cc1. The molecule has 27 heavy (non-hydrogen) atoms. The van der Waals surface area contributed by atoms with Gasteiger partial charge in [0, 0.05) is 6.54 Å². The Balaban J connectivity index is 1.49. The van der Waals surface area contributed by atoms with Crippen LogP contribution in [0.2, 0.25) is 0 Å². The molecular formula is C21H24N2O4. The van der Waals surface area contributed by atoms with Gasteiger partial charge < -0.3 is 19.7 Å². The number of ether oxygens (including phenoxy) is 2. The Morgan fingerprint density at radius 1 is 1.07 bits per heavy atom. The number of amides is 2. The molecule has 1 aliphatic heterocycles. The minimum atomic E-state index is -0.313. The zero-order valence-electron chi connectivity index (χ0n) is 15.4. The van der Waals surface area contributed by atoms with Crippen molar-refractivity contribution in [2.45, 2.75) is 18.9 Å². The predicted molar refractivity (Wildman–Crippen MR) is 102 cm³/mol. The molecule has 0 aromatic heterocycles. The fourth-order valence-electron chi connectivity index (χ4n) is 3.23. The van der Waals surface area contributed by atoms with E-state index in [-0.39, 0.29) is 31.0 Å². The van der Waals surface area contributed by atoms with Gasteiger partial charge in [0.15, 0.2) is 6.61 Å². The first-order chi connectivity index (χ1) is 13.2. The van der Waals surface area contributed by atoms with Crippen LogP contribution in [0.3, 0.4) is 0 Å². The molecule has 1 N–H and O–H groups in total. The van der Waals surface area contributed by atoms with E-state index in [9.17, 15) is 9.59 Å². The fourth-order valence-corrected chi connectivity index (χ4v) is 3.23. The molecule has 6 heteroatoms. The van der Waals surface area contributed by atoms with E-state index in [1.54, 1.807) is 19.2 Å². The number of carbonyl (C=O) groups is 2. The fraction of sp³-hybridized carbons (Fsp3) is 0.333. The van der Waals surface area contributed by atoms with Crippen LogP contribution in [0.1, 0.15) is 24.4 Å². The van der Waals surface area contributed by atoms with Gasteiger partial charge in [-0.25, -0.2) is 0 Å². The average Bonchev–Trinajstić information content (AvgIpc) is 3.21. The maximum Gasteiger partial charge on any atom is 0.258 e. The molecule has 0 radical (unpaired) electrons. The molecule has 2 aromatic rings. The summed E-state index contributed by atoms with van der Waals surface area (Å²) in [4.78, 5) is 26.3. The lowest BCUT2D eigenvalue weighted by Crippen LogP contribution is -2.41. The summed E-state index contributed by atoms with van der Waals surface area (Å²) < 4.78 is 10.6. The summed E-state index contributed by atoms with van der Waals surface area (Å²) in [5.74, 6) is 1.02. The Labute approximate surface area is 159 Å². The van der Waals surface area contributed by atoms with Gasteiger partial charge in [-0.05, 0) is 42.7 Å². The zero-order chi connectivity index (χ0) is 19.1. The van der Waals surface area contributed by atoms with Crippen LogP contribution in [0.25, 0.3) is 0 Å². The normalized spacial score (nSPS) is 16.0. The highest BCUT2D eigenvalue weighted by atomic mass is 16.5. The van der Waals surface area contributed by atoms with Crippen LogP contribution in [0, 0.1) is 0 Å². The van der Waals surface area contributed by atoms with Crippen molar-refractivity contribution in [1.82, 2.24) is 10.2 Å². The van der Waals surface area contributed by atoms with Crippen molar-refractivity contribution in [1.29, 1.82) is 0 Å². The number of rotatable bonds is 7. The zero-order valence-corrected chi connectivity index (χ0v) is 15.4. The van der Waals surface area contributed by atoms with E-state index < -0.39 is 0 Å². The van der Waals surface area contributed by atoms with Crippen LogP contribution in [-0.4, -0.2) is 43.5 Å². The summed E-state index contributed by atoms with van der Waals surface area (Å²) in [7, 11) is 1.63. The van der Waals surface area contributed by atoms with Crippen molar-refractivity contribution in [2.75, 3.05) is 26.8 Å². The van der Waals surface area contributed by atoms with Crippen molar-refractivity contribution in [3.63, 3.8) is 0 Å². The summed E-state index contributed by atoms with van der Waals surface area (Å²) >= 11 is 0. The molecule has 2 amide bonds. The highest BCUT2D eigenvalue weighted by molar-refractivity contribution is 5.85. The highest BCUT2D eigenvalue weighted by Gasteiger charge is 2.29. The Morgan fingerprint density at radius 3 is 2.52 bits per heavy atom. The van der Waals surface area contributed by atoms with Crippen LogP contribution in [0.5, 0.6) is 11.5 Å². The van der Waals surface area contributed by atoms with Crippen molar-refractivity contribution in [2.24, 2.45) is 0 Å². The summed E-state index contributed by atoms with van der Waals surface area (Å²) in [6.07, 6.45) is 1.87. The molecule has 0 saturated carbocycles. The van der Waals surface area contributed by atoms with E-state index in [2.05, 4.69) is 5.32 Å². The molecule has 1 aliphatic rings. The van der Waals surface area contributed by atoms with Crippen molar-refractivity contribution < 1.29 is 19.1 Å². The maximum absolute atomic E-state index is 12.6. The molecule has 1 unspecified atom stereocenters. The lowest BCUT2D eigenvalue weighted by molar-refractivity contribution is -0.134. The summed E-state index contributed by atoms with van der Waals surface area (Å²) in [6, 6.07) is 16.9. The van der Waals surface area contributed by atoms with E-state index in [0.717, 1.165) is 24.2 Å². The molecule has 0 aliphatic carbocycles. The van der Waals surface area contributed by atoms with E-state index in [0.29, 0.717) is 12.3 Å². The molecule has 0 spiro atoms. The number of nitrogens with zero attached hydrogens (tertiary/aromatic N) is 1. The summed E-state index contributed by atoms with van der Waals surface area (Å²) in [5, 5.41) is 2.64. The molecule has 3 rings (SSSR count). The number of carbonyl (C=O) groups excluding carboxylic acids is 2. The van der Waals surface area contributed by atoms with Gasteiger partial charge in [0.25, 0.3) is 5.91 Å². The number of para-hydroxylation sites is 1. The van der Waals surface area contributed by atoms with E-state index >= 15 is 0 Å². The maximum atomic E-state index is 12.6. The standard InChI is InChI=1S/C21H24N2O4/c1-26-17-11-9-16(10-12-17)19-8-5-13-23(19)21(25)14-22-20(24)15-27-18-6-3-2-4-7-18/h2-4,6-7,9-12,19H,5,8,13-15H2,1H3,(H,22,24). The Bertz CT molecular complexity index is 762. The highest BCUT2D eigenvalue weighted by Crippen LogP contribution is 2.32. The van der Waals surface area contributed by atoms with Crippen molar-refractivity contribution in [3.8, 4) is 11.5 Å². The predicted octanol–water partition coefficient (Wildman–Crippen LogP) is 2.55. The lowest BCUT2D eigenvalue weighted by atomic mass is 10.0. The van der Waals surface area contributed by atoms with Crippen LogP contribution in [0.4, 0.5) is 0 Å². The van der Waals surface area contributed by atoms with Crippen LogP contribution in [0.15, 0.2) is 54.6 Å². The van der Waals surface area contributed by atoms with Gasteiger partial charge >= 0.3 is 0 Å². The minimum absolute atomic E-state index is 0.0242. The van der Waals surface area contributed by atoms with Gasteiger partial charge in [0.05, 0.1) is 19.7 Å². The smallest absolute Gasteiger partial charge is 0.258 e. The Hall–Kier alpha value is -3.02. The van der Waals surface area contributed by atoms with Crippen molar-refractivity contribution in [3.05, 3.63) is 60.2 Å². The van der Waals surface area contributed by atoms with Crippen LogP contribution >= 0.6 is 0 Å². The van der Waals surface area contributed by atoms with Gasteiger partial charge in [-0.15, -0.1) is 0 Å². The van der Waals surface area contributed by atoms with Gasteiger partial charge in [-0.1, -0.05) is 30.3 Å². The van der Waals surface area contributed by atoms with Gasteiger partial charge in [-0.3, -0.25) is 9.59 Å². The molecule has 1 fully saturated rings. The second-order valence-corrected chi connectivity index (χ2v) is 6.40. The lowest BCUT2D eigenvalue weighted by Gasteiger charge is -2.25. The summed E-state index contributed by atoms with van der Waals surface area (Å²) in [6.45, 7) is 0.564. The third kappa shape index (κ3) is 5.00. The first kappa shape index (κ1) is 18.8. The van der Waals surface area contributed by atoms with Gasteiger partial charge in [0.2, 0.25) is 5.91 Å². The number of hydrogen-bond donors (Lipinski definition) is 1. The summed E-state index contributed by atoms with van der Waals surface area (Å²) in [5.41, 5.74) is 1.08. The second-order valence-electron chi connectivity index (χ2n) is 6.40. The first-order valence-corrected chi connectivity index (χ1v) is 9.05. The second kappa shape index (κ2) is 9.07. The molecule has 0 bridgehead atoms. The van der Waals surface area contributed by atoms with Gasteiger partial charge in [-0.2, -0.15) is 0 Å². The quantitative estimate of drug-likeness (QED) is 0.816. The Morgan fingerprint density at radius 2 is 1.81 bits per heavy atom. The van der Waals surface area contributed by atoms with E-state index in [4.69, 9.17) is 9.47 Å². The molecule has 1 atom stereocenters. The molecule has 142 valence electrons. The van der Waals surface area contributed by atoms with Crippen LogP contribution in [-0.2, 0) is 9.59 Å². The van der Waals surface area contributed by atoms with Crippen LogP contribution < -0.4 is 14.8 Å². The third-order valence-corrected chi connectivity index (χ3v) is 4.62. The minimum Gasteiger partial charge on any atom is -0.497 e. The monoisotopic (exact) mass is 368 g/mol. The molecule has 1 heterocycles. The van der Waals surface area contributed by atoms with E-state index in [1.807, 2.05) is 47.4 Å². The largest absolute Gasteiger partial charge is 0.497 e. The number of methoxy groups -OCH3 is 1. The third-order valence-electron chi connectivity index (χ3n) is 4.62. The molecule has 1 saturated heterocycles. The number of hydrogen-bond acceptors (Lipinski definition) is 4. The Kier molecular flexibility index (Phi) is 6.30. The average molecular weight is 368 g/mol. The first-order valence-electron chi connectivity index (χ1n) is 9.05. The molecule has 6 nitrogen and oxygen atoms in total. The number of likely N-dealkylation sites (tertiary alicyclic amines) is 1. The van der Waals surface area contributed by atoms with Gasteiger partial charge in [0.1, 0.15) is 11.5 Å². The number of nitrogens with one attached hydrogen (secondary N) is 1. The number of benzene rings is 2. The van der Waals surface area contributed by atoms with Crippen molar-refractivity contribution >= 4 is 11.8 Å². The topological polar surface area (TPSA) is 67.9 Å².